The number of nitrogens with zero attached hydrogens (tertiary/aromatic N) is 4. The zero-order valence-electron chi connectivity index (χ0n) is 47.3. The first-order valence-electron chi connectivity index (χ1n) is 28.2. The summed E-state index contributed by atoms with van der Waals surface area (Å²) < 4.78 is 34.0. The molecule has 19 nitrogen and oxygen atoms in total. The number of amides is 1. The molecule has 1 aromatic heterocycles. The van der Waals surface area contributed by atoms with E-state index in [1.165, 1.54) is 23.6 Å². The van der Waals surface area contributed by atoms with Crippen molar-refractivity contribution in [3.05, 3.63) is 86.8 Å². The molecule has 0 spiro atoms. The number of aromatic nitrogens is 3. The molecule has 0 radical (unpaired) electrons. The van der Waals surface area contributed by atoms with Gasteiger partial charge in [0, 0.05) is 52.6 Å². The molecule has 78 heavy (non-hydrogen) atoms. The monoisotopic (exact) mass is 1090 g/mol. The van der Waals surface area contributed by atoms with Crippen LogP contribution in [0.5, 0.6) is 0 Å². The van der Waals surface area contributed by atoms with Crippen LogP contribution in [0.15, 0.2) is 75.4 Å². The Labute approximate surface area is 458 Å². The topological polar surface area (TPSA) is 248 Å². The van der Waals surface area contributed by atoms with Crippen LogP contribution in [-0.4, -0.2) is 151 Å². The van der Waals surface area contributed by atoms with Gasteiger partial charge in [-0.2, -0.15) is 0 Å². The van der Waals surface area contributed by atoms with Gasteiger partial charge in [0.25, 0.3) is 11.7 Å². The van der Waals surface area contributed by atoms with Gasteiger partial charge in [0.15, 0.2) is 0 Å². The van der Waals surface area contributed by atoms with Crippen molar-refractivity contribution in [3.8, 4) is 5.69 Å². The van der Waals surface area contributed by atoms with Crippen molar-refractivity contribution >= 4 is 23.4 Å². The standard InChI is InChI=1S/C59H86N4O15/c1-33-26-37(5)51(66)53(76-10)52(67)38(6)27-34(2)47(65)32-49(35(3)28-40-20-24-46(64)50(30-40)75-9)77-56(70)45-18-14-15-25-60(45)55(69)54(68)59(73)39(7)19-22-43(78-59)31-48(74-8)36(4)29-42-21-23-44(33)63-58(72)61(57(71)62(42)63)41-16-12-11-13-17-41/h11-13,16-17,21,23,27,29,33-35,37,39-40,42-46,48-53,64,66-67,73H,14-15,18-20,22,24-26,28,30-32H2,1-10H3/b36-29+,38-27+/t33-,34+,35+,37+,39+,40-,42?,43-,44?,45-,46+,48-,49-,50+,51?,52+,53-,59+/m0/s1. The summed E-state index contributed by atoms with van der Waals surface area (Å²) in [4.78, 5) is 88.3. The summed E-state index contributed by atoms with van der Waals surface area (Å²) in [5.74, 6) is -8.67. The van der Waals surface area contributed by atoms with Crippen LogP contribution in [0.3, 0.4) is 0 Å². The average molecular weight is 1090 g/mol. The number of ketones is 2. The maximum absolute atomic E-state index is 14.6. The number of fused-ring (bicyclic) bond motifs is 15. The maximum atomic E-state index is 14.6. The molecule has 4 bridgehead atoms. The zero-order chi connectivity index (χ0) is 56.9. The molecule has 6 aliphatic rings. The predicted molar refractivity (Wildman–Crippen MR) is 289 cm³/mol. The Morgan fingerprint density at radius 1 is 0.769 bits per heavy atom. The molecule has 2 aromatic rings. The maximum Gasteiger partial charge on any atom is 0.352 e. The van der Waals surface area contributed by atoms with Gasteiger partial charge in [-0.05, 0) is 125 Å². The van der Waals surface area contributed by atoms with Crippen molar-refractivity contribution in [3.63, 3.8) is 0 Å². The number of allylic oxidation sites excluding steroid dienone is 4. The number of aliphatic hydroxyl groups is 4. The number of aliphatic hydroxyl groups excluding tert-OH is 3. The molecule has 19 heteroatoms. The highest BCUT2D eigenvalue weighted by atomic mass is 16.6. The summed E-state index contributed by atoms with van der Waals surface area (Å²) in [5.41, 5.74) is 0.264. The Bertz CT molecular complexity index is 2640. The number of ether oxygens (including phenoxy) is 5. The van der Waals surface area contributed by atoms with Gasteiger partial charge in [0.05, 0.1) is 48.3 Å². The molecular weight excluding hydrogens is 1000 g/mol. The number of carbonyl (C=O) groups is 4. The van der Waals surface area contributed by atoms with E-state index >= 15 is 0 Å². The lowest BCUT2D eigenvalue weighted by Crippen LogP contribution is -2.61. The molecule has 2 saturated heterocycles. The number of para-hydroxylation sites is 1. The summed E-state index contributed by atoms with van der Waals surface area (Å²) in [6.45, 7) is 12.5. The number of hydrogen-bond donors (Lipinski definition) is 4. The van der Waals surface area contributed by atoms with E-state index in [0.29, 0.717) is 74.6 Å². The van der Waals surface area contributed by atoms with Crippen LogP contribution in [0, 0.1) is 35.5 Å². The second kappa shape index (κ2) is 26.2. The van der Waals surface area contributed by atoms with Gasteiger partial charge >= 0.3 is 17.3 Å². The Morgan fingerprint density at radius 2 is 1.47 bits per heavy atom. The van der Waals surface area contributed by atoms with Gasteiger partial charge in [0.2, 0.25) is 5.79 Å². The smallest absolute Gasteiger partial charge is 0.352 e. The number of methoxy groups -OCH3 is 3. The van der Waals surface area contributed by atoms with E-state index in [0.717, 1.165) is 9.47 Å². The second-order valence-electron chi connectivity index (χ2n) is 23.3. The first kappa shape index (κ1) is 60.8. The third-order valence-corrected chi connectivity index (χ3v) is 17.8. The summed E-state index contributed by atoms with van der Waals surface area (Å²) >= 11 is 0. The molecule has 1 amide bonds. The number of esters is 1. The number of carbonyl (C=O) groups excluding carboxylic acids is 4. The Balaban J connectivity index is 1.26. The SMILES string of the molecule is CO[C@H]1C[C@@H]2CC[C@@H](C)[C@@](O)(O2)C(=O)C(=O)N2CCCC[C@H]2C(=O)O[C@H]([C@H](C)C[C@@H]2CC[C@@H](O)[C@H](OC)C2)CC(=O)[C@H](C)/C=C(\C)[C@@H](O)[C@@H](OC)C(O)[C@H](C)C[C@H](C)C2C=CC(/C=C/1C)n1c(=O)n(-c3ccccc3)c(=O)n12. The molecule has 4 N–H and O–H groups in total. The fraction of sp³-hybridized carbons (Fsp3) is 0.695. The number of piperidine rings is 1. The van der Waals surface area contributed by atoms with Crippen LogP contribution in [0.25, 0.3) is 5.69 Å². The van der Waals surface area contributed by atoms with E-state index in [-0.39, 0.29) is 55.4 Å². The normalized spacial score (nSPS) is 38.1. The number of Topliss-reactive ketones (excluding diaryl/α,β-unsaturated/α-hetero) is 2. The summed E-state index contributed by atoms with van der Waals surface area (Å²) in [7, 11) is 4.46. The van der Waals surface area contributed by atoms with Crippen molar-refractivity contribution < 1.29 is 63.3 Å². The highest BCUT2D eigenvalue weighted by Crippen LogP contribution is 2.39. The number of benzene rings is 1. The molecule has 8 rings (SSSR count). The van der Waals surface area contributed by atoms with Gasteiger partial charge in [-0.25, -0.2) is 28.3 Å². The van der Waals surface area contributed by atoms with Crippen LogP contribution in [0.2, 0.25) is 0 Å². The largest absolute Gasteiger partial charge is 0.460 e. The molecule has 1 aliphatic carbocycles. The lowest BCUT2D eigenvalue weighted by molar-refractivity contribution is -0.265. The first-order valence-corrected chi connectivity index (χ1v) is 28.2. The second-order valence-corrected chi connectivity index (χ2v) is 23.3. The van der Waals surface area contributed by atoms with Crippen LogP contribution in [-0.2, 0) is 42.9 Å². The van der Waals surface area contributed by atoms with E-state index in [1.807, 2.05) is 45.9 Å². The van der Waals surface area contributed by atoms with E-state index in [9.17, 15) is 49.2 Å². The predicted octanol–water partition coefficient (Wildman–Crippen LogP) is 5.33. The Morgan fingerprint density at radius 3 is 2.15 bits per heavy atom. The lowest BCUT2D eigenvalue weighted by atomic mass is 9.78. The van der Waals surface area contributed by atoms with E-state index in [4.69, 9.17) is 23.7 Å². The third kappa shape index (κ3) is 13.0. The molecular formula is C59H86N4O15. The summed E-state index contributed by atoms with van der Waals surface area (Å²) in [6.07, 6.45) is 4.58. The van der Waals surface area contributed by atoms with Gasteiger partial charge < -0.3 is 49.0 Å². The Hall–Kier alpha value is -4.86. The molecule has 432 valence electrons. The highest BCUT2D eigenvalue weighted by Gasteiger charge is 2.53. The minimum absolute atomic E-state index is 0.0379. The minimum Gasteiger partial charge on any atom is -0.460 e. The van der Waals surface area contributed by atoms with Crippen molar-refractivity contribution in [1.29, 1.82) is 0 Å². The van der Waals surface area contributed by atoms with Gasteiger partial charge in [-0.15, -0.1) is 0 Å². The average Bonchev–Trinajstić information content (AvgIpc) is 3.85. The van der Waals surface area contributed by atoms with Crippen LogP contribution in [0.1, 0.15) is 138 Å². The molecule has 18 atom stereocenters. The highest BCUT2D eigenvalue weighted by molar-refractivity contribution is 6.39. The summed E-state index contributed by atoms with van der Waals surface area (Å²) in [6, 6.07) is 6.01. The lowest BCUT2D eigenvalue weighted by Gasteiger charge is -2.42. The van der Waals surface area contributed by atoms with Crippen molar-refractivity contribution in [2.75, 3.05) is 27.9 Å². The first-order chi connectivity index (χ1) is 37.0. The Kier molecular flexibility index (Phi) is 20.4. The van der Waals surface area contributed by atoms with Gasteiger partial charge in [0.1, 0.15) is 30.1 Å². The number of rotatable bonds is 7. The number of hydrogen-bond acceptors (Lipinski definition) is 15. The summed E-state index contributed by atoms with van der Waals surface area (Å²) in [5, 5.41) is 46.5. The van der Waals surface area contributed by atoms with Crippen LogP contribution < -0.4 is 11.4 Å². The van der Waals surface area contributed by atoms with Crippen molar-refractivity contribution in [2.24, 2.45) is 35.5 Å². The molecule has 3 fully saturated rings. The van der Waals surface area contributed by atoms with Crippen molar-refractivity contribution in [2.45, 2.75) is 198 Å². The quantitative estimate of drug-likeness (QED) is 0.156. The molecule has 1 saturated carbocycles. The van der Waals surface area contributed by atoms with E-state index in [2.05, 4.69) is 0 Å². The molecule has 1 aromatic carbocycles. The van der Waals surface area contributed by atoms with E-state index < -0.39 is 113 Å². The third-order valence-electron chi connectivity index (χ3n) is 17.8. The minimum atomic E-state index is -2.55. The van der Waals surface area contributed by atoms with Crippen LogP contribution >= 0.6 is 0 Å². The van der Waals surface area contributed by atoms with Gasteiger partial charge in [-0.3, -0.25) is 14.4 Å². The molecule has 3 unspecified atom stereocenters. The fourth-order valence-corrected chi connectivity index (χ4v) is 12.9. The zero-order valence-corrected chi connectivity index (χ0v) is 47.3. The van der Waals surface area contributed by atoms with Gasteiger partial charge in [-0.1, -0.05) is 77.1 Å². The van der Waals surface area contributed by atoms with Crippen LogP contribution in [0.4, 0.5) is 0 Å². The van der Waals surface area contributed by atoms with Crippen molar-refractivity contribution in [1.82, 2.24) is 18.8 Å². The molecule has 6 heterocycles. The molecule has 5 aliphatic heterocycles. The van der Waals surface area contributed by atoms with E-state index in [1.54, 1.807) is 64.3 Å². The fourth-order valence-electron chi connectivity index (χ4n) is 12.9.